The fraction of sp³-hybridized carbons (Fsp3) is 0.308. The SMILES string of the molecule is Cc1nc(CN(C)c2cc(C)c(N)cc2Br)cs1. The number of aromatic nitrogens is 1. The molecular weight excluding hydrogens is 310 g/mol. The number of hydrogen-bond donors (Lipinski definition) is 1. The van der Waals surface area contributed by atoms with Gasteiger partial charge in [-0.15, -0.1) is 11.3 Å². The Morgan fingerprint density at radius 3 is 2.72 bits per heavy atom. The highest BCUT2D eigenvalue weighted by Gasteiger charge is 2.10. The molecule has 0 saturated carbocycles. The lowest BCUT2D eigenvalue weighted by molar-refractivity contribution is 0.887. The zero-order valence-electron chi connectivity index (χ0n) is 10.7. The van der Waals surface area contributed by atoms with Crippen molar-refractivity contribution >= 4 is 38.6 Å². The molecule has 0 bridgehead atoms. The van der Waals surface area contributed by atoms with Gasteiger partial charge in [-0.3, -0.25) is 0 Å². The van der Waals surface area contributed by atoms with Gasteiger partial charge in [-0.25, -0.2) is 4.98 Å². The summed E-state index contributed by atoms with van der Waals surface area (Å²) in [6.07, 6.45) is 0. The normalized spacial score (nSPS) is 10.7. The van der Waals surface area contributed by atoms with Crippen LogP contribution in [0.4, 0.5) is 11.4 Å². The van der Waals surface area contributed by atoms with E-state index < -0.39 is 0 Å². The third-order valence-electron chi connectivity index (χ3n) is 2.81. The number of halogens is 1. The van der Waals surface area contributed by atoms with Gasteiger partial charge in [0.1, 0.15) is 0 Å². The first kappa shape index (κ1) is 13.4. The molecule has 2 aromatic rings. The van der Waals surface area contributed by atoms with Gasteiger partial charge < -0.3 is 10.6 Å². The average molecular weight is 326 g/mol. The van der Waals surface area contributed by atoms with Crippen molar-refractivity contribution in [3.63, 3.8) is 0 Å². The van der Waals surface area contributed by atoms with Crippen LogP contribution in [0, 0.1) is 13.8 Å². The summed E-state index contributed by atoms with van der Waals surface area (Å²) < 4.78 is 1.01. The fourth-order valence-electron chi connectivity index (χ4n) is 1.78. The van der Waals surface area contributed by atoms with Gasteiger partial charge in [-0.05, 0) is 47.5 Å². The van der Waals surface area contributed by atoms with Crippen molar-refractivity contribution < 1.29 is 0 Å². The third kappa shape index (κ3) is 2.84. The van der Waals surface area contributed by atoms with Gasteiger partial charge in [-0.1, -0.05) is 0 Å². The summed E-state index contributed by atoms with van der Waals surface area (Å²) in [5.74, 6) is 0. The molecule has 1 aromatic heterocycles. The monoisotopic (exact) mass is 325 g/mol. The van der Waals surface area contributed by atoms with Crippen LogP contribution in [0.1, 0.15) is 16.3 Å². The molecule has 18 heavy (non-hydrogen) atoms. The average Bonchev–Trinajstić information content (AvgIpc) is 2.69. The zero-order valence-corrected chi connectivity index (χ0v) is 13.1. The molecule has 2 rings (SSSR count). The van der Waals surface area contributed by atoms with Gasteiger partial charge >= 0.3 is 0 Å². The van der Waals surface area contributed by atoms with Crippen molar-refractivity contribution in [3.05, 3.63) is 38.3 Å². The maximum atomic E-state index is 5.89. The number of hydrogen-bond acceptors (Lipinski definition) is 4. The minimum atomic E-state index is 0.798. The quantitative estimate of drug-likeness (QED) is 0.874. The van der Waals surface area contributed by atoms with Crippen LogP contribution in [0.25, 0.3) is 0 Å². The van der Waals surface area contributed by atoms with E-state index in [1.807, 2.05) is 19.9 Å². The first-order valence-corrected chi connectivity index (χ1v) is 7.32. The predicted molar refractivity (Wildman–Crippen MR) is 82.2 cm³/mol. The van der Waals surface area contributed by atoms with Gasteiger partial charge in [0.2, 0.25) is 0 Å². The minimum Gasteiger partial charge on any atom is -0.398 e. The molecule has 0 unspecified atom stereocenters. The number of nitrogens with two attached hydrogens (primary N) is 1. The fourth-order valence-corrected chi connectivity index (χ4v) is 3.05. The Balaban J connectivity index is 2.23. The van der Waals surface area contributed by atoms with Crippen LogP contribution in [0.15, 0.2) is 22.0 Å². The predicted octanol–water partition coefficient (Wildman–Crippen LogP) is 3.74. The van der Waals surface area contributed by atoms with E-state index in [2.05, 4.69) is 44.3 Å². The second-order valence-corrected chi connectivity index (χ2v) is 6.29. The highest BCUT2D eigenvalue weighted by molar-refractivity contribution is 9.10. The standard InChI is InChI=1S/C13H16BrN3S/c1-8-4-13(11(14)5-12(8)15)17(3)6-10-7-18-9(2)16-10/h4-5,7H,6,15H2,1-3H3. The van der Waals surface area contributed by atoms with E-state index in [1.54, 1.807) is 11.3 Å². The Morgan fingerprint density at radius 1 is 1.39 bits per heavy atom. The highest BCUT2D eigenvalue weighted by atomic mass is 79.9. The van der Waals surface area contributed by atoms with Gasteiger partial charge in [0.05, 0.1) is 22.9 Å². The molecule has 5 heteroatoms. The number of aryl methyl sites for hydroxylation is 2. The van der Waals surface area contributed by atoms with Gasteiger partial charge in [0, 0.05) is 22.6 Å². The molecule has 0 aliphatic carbocycles. The minimum absolute atomic E-state index is 0.798. The Labute approximate surface area is 120 Å². The molecule has 1 heterocycles. The molecule has 2 N–H and O–H groups in total. The molecule has 0 aliphatic heterocycles. The first-order chi connectivity index (χ1) is 8.47. The molecule has 0 atom stereocenters. The Hall–Kier alpha value is -1.07. The molecule has 0 fully saturated rings. The second-order valence-electron chi connectivity index (χ2n) is 4.37. The number of thiazole rings is 1. The van der Waals surface area contributed by atoms with E-state index in [-0.39, 0.29) is 0 Å². The van der Waals surface area contributed by atoms with E-state index in [0.29, 0.717) is 0 Å². The summed E-state index contributed by atoms with van der Waals surface area (Å²) >= 11 is 5.24. The van der Waals surface area contributed by atoms with Crippen LogP contribution in [0.2, 0.25) is 0 Å². The molecule has 0 radical (unpaired) electrons. The Bertz CT molecular complexity index is 565. The molecule has 3 nitrogen and oxygen atoms in total. The molecule has 0 spiro atoms. The molecular formula is C13H16BrN3S. The van der Waals surface area contributed by atoms with Crippen molar-refractivity contribution in [2.75, 3.05) is 17.7 Å². The highest BCUT2D eigenvalue weighted by Crippen LogP contribution is 2.31. The summed E-state index contributed by atoms with van der Waals surface area (Å²) in [5, 5.41) is 3.20. The van der Waals surface area contributed by atoms with Crippen molar-refractivity contribution in [1.29, 1.82) is 0 Å². The summed E-state index contributed by atoms with van der Waals surface area (Å²) in [4.78, 5) is 6.65. The number of nitrogens with zero attached hydrogens (tertiary/aromatic N) is 2. The van der Waals surface area contributed by atoms with Gasteiger partial charge in [0.15, 0.2) is 0 Å². The number of nitrogen functional groups attached to an aromatic ring is 1. The smallest absolute Gasteiger partial charge is 0.0898 e. The summed E-state index contributed by atoms with van der Waals surface area (Å²) in [5.41, 5.74) is 10.0. The van der Waals surface area contributed by atoms with Crippen LogP contribution >= 0.6 is 27.3 Å². The molecule has 96 valence electrons. The molecule has 0 amide bonds. The largest absolute Gasteiger partial charge is 0.398 e. The van der Waals surface area contributed by atoms with Crippen LogP contribution in [0.5, 0.6) is 0 Å². The Morgan fingerprint density at radius 2 is 2.11 bits per heavy atom. The summed E-state index contributed by atoms with van der Waals surface area (Å²) in [6, 6.07) is 4.05. The molecule has 0 aliphatic rings. The maximum Gasteiger partial charge on any atom is 0.0898 e. The van der Waals surface area contributed by atoms with Crippen LogP contribution < -0.4 is 10.6 Å². The van der Waals surface area contributed by atoms with Crippen molar-refractivity contribution in [1.82, 2.24) is 4.98 Å². The lowest BCUT2D eigenvalue weighted by atomic mass is 10.1. The van der Waals surface area contributed by atoms with Crippen molar-refractivity contribution in [2.24, 2.45) is 0 Å². The summed E-state index contributed by atoms with van der Waals surface area (Å²) in [7, 11) is 2.06. The van der Waals surface area contributed by atoms with E-state index in [4.69, 9.17) is 5.73 Å². The van der Waals surface area contributed by atoms with E-state index in [0.717, 1.165) is 38.7 Å². The Kier molecular flexibility index (Phi) is 3.92. The van der Waals surface area contributed by atoms with Crippen molar-refractivity contribution in [3.8, 4) is 0 Å². The number of anilines is 2. The van der Waals surface area contributed by atoms with Crippen LogP contribution in [-0.2, 0) is 6.54 Å². The maximum absolute atomic E-state index is 5.89. The first-order valence-electron chi connectivity index (χ1n) is 5.65. The number of rotatable bonds is 3. The van der Waals surface area contributed by atoms with Crippen LogP contribution in [-0.4, -0.2) is 12.0 Å². The third-order valence-corrected chi connectivity index (χ3v) is 4.27. The van der Waals surface area contributed by atoms with E-state index in [1.165, 1.54) is 0 Å². The van der Waals surface area contributed by atoms with Crippen molar-refractivity contribution in [2.45, 2.75) is 20.4 Å². The molecule has 1 aromatic carbocycles. The van der Waals surface area contributed by atoms with Crippen LogP contribution in [0.3, 0.4) is 0 Å². The lowest BCUT2D eigenvalue weighted by Gasteiger charge is -2.21. The number of benzene rings is 1. The molecule has 0 saturated heterocycles. The van der Waals surface area contributed by atoms with E-state index in [9.17, 15) is 0 Å². The topological polar surface area (TPSA) is 42.2 Å². The summed E-state index contributed by atoms with van der Waals surface area (Å²) in [6.45, 7) is 4.84. The van der Waals surface area contributed by atoms with Gasteiger partial charge in [0.25, 0.3) is 0 Å². The zero-order chi connectivity index (χ0) is 13.3. The van der Waals surface area contributed by atoms with Gasteiger partial charge in [-0.2, -0.15) is 0 Å². The second kappa shape index (κ2) is 5.28. The van der Waals surface area contributed by atoms with E-state index >= 15 is 0 Å². The lowest BCUT2D eigenvalue weighted by Crippen LogP contribution is -2.17.